The van der Waals surface area contributed by atoms with Crippen molar-refractivity contribution in [1.82, 2.24) is 10.2 Å². The summed E-state index contributed by atoms with van der Waals surface area (Å²) in [5.41, 5.74) is 1.42. The van der Waals surface area contributed by atoms with Gasteiger partial charge in [0.2, 0.25) is 5.91 Å². The van der Waals surface area contributed by atoms with Crippen LogP contribution >= 0.6 is 11.6 Å². The van der Waals surface area contributed by atoms with Gasteiger partial charge in [-0.25, -0.2) is 0 Å². The van der Waals surface area contributed by atoms with Crippen molar-refractivity contribution in [2.45, 2.75) is 32.9 Å². The van der Waals surface area contributed by atoms with Crippen LogP contribution in [0.1, 0.15) is 36.2 Å². The van der Waals surface area contributed by atoms with Gasteiger partial charge in [-0.05, 0) is 29.7 Å². The number of nitrogens with zero attached hydrogens (tertiary/aromatic N) is 1. The zero-order valence-electron chi connectivity index (χ0n) is 15.4. The molecule has 0 heterocycles. The zero-order chi connectivity index (χ0) is 19.1. The largest absolute Gasteiger partial charge is 0.340 e. The van der Waals surface area contributed by atoms with Crippen molar-refractivity contribution in [3.63, 3.8) is 0 Å². The number of carbonyl (C=O) groups is 2. The first-order valence-electron chi connectivity index (χ1n) is 8.78. The highest BCUT2D eigenvalue weighted by atomic mass is 35.5. The summed E-state index contributed by atoms with van der Waals surface area (Å²) in [6, 6.07) is 15.8. The molecule has 2 unspecified atom stereocenters. The fourth-order valence-electron chi connectivity index (χ4n) is 2.69. The molecule has 1 N–H and O–H groups in total. The van der Waals surface area contributed by atoms with Crippen LogP contribution in [-0.4, -0.2) is 29.8 Å². The number of likely N-dealkylation sites (N-methyl/N-ethyl adjacent to an activating group) is 1. The molecule has 0 spiro atoms. The molecule has 4 nitrogen and oxygen atoms in total. The molecule has 0 fully saturated rings. The van der Waals surface area contributed by atoms with Crippen LogP contribution in [-0.2, 0) is 11.3 Å². The third kappa shape index (κ3) is 5.09. The van der Waals surface area contributed by atoms with Crippen LogP contribution < -0.4 is 5.32 Å². The van der Waals surface area contributed by atoms with Crippen LogP contribution in [0.4, 0.5) is 0 Å². The Bertz CT molecular complexity index is 749. The highest BCUT2D eigenvalue weighted by Crippen LogP contribution is 2.18. The van der Waals surface area contributed by atoms with Crippen LogP contribution in [0.2, 0.25) is 5.02 Å². The SMILES string of the molecule is CCC(C)C(NC(=O)c1ccccc1)C(=O)N(C)Cc1ccccc1Cl. The number of hydrogen-bond acceptors (Lipinski definition) is 2. The Morgan fingerprint density at radius 2 is 1.69 bits per heavy atom. The topological polar surface area (TPSA) is 49.4 Å². The van der Waals surface area contributed by atoms with Crippen molar-refractivity contribution in [2.24, 2.45) is 5.92 Å². The van der Waals surface area contributed by atoms with Gasteiger partial charge in [-0.3, -0.25) is 9.59 Å². The molecule has 2 aromatic carbocycles. The standard InChI is InChI=1S/C21H25ClN2O2/c1-4-15(2)19(23-20(25)16-10-6-5-7-11-16)21(26)24(3)14-17-12-8-9-13-18(17)22/h5-13,15,19H,4,14H2,1-3H3,(H,23,25). The minimum absolute atomic E-state index is 0.0175. The van der Waals surface area contributed by atoms with E-state index in [9.17, 15) is 9.59 Å². The van der Waals surface area contributed by atoms with Gasteiger partial charge in [-0.15, -0.1) is 0 Å². The van der Waals surface area contributed by atoms with Gasteiger partial charge in [0.25, 0.3) is 5.91 Å². The maximum Gasteiger partial charge on any atom is 0.251 e. The van der Waals surface area contributed by atoms with E-state index in [0.29, 0.717) is 17.1 Å². The Hall–Kier alpha value is -2.33. The number of nitrogens with one attached hydrogen (secondary N) is 1. The van der Waals surface area contributed by atoms with Crippen molar-refractivity contribution in [2.75, 3.05) is 7.05 Å². The van der Waals surface area contributed by atoms with Gasteiger partial charge in [0.15, 0.2) is 0 Å². The van der Waals surface area contributed by atoms with Gasteiger partial charge in [0, 0.05) is 24.2 Å². The van der Waals surface area contributed by atoms with Crippen molar-refractivity contribution in [3.05, 3.63) is 70.7 Å². The number of amides is 2. The number of carbonyl (C=O) groups excluding carboxylic acids is 2. The first-order chi connectivity index (χ1) is 12.4. The third-order valence-electron chi connectivity index (χ3n) is 4.54. The summed E-state index contributed by atoms with van der Waals surface area (Å²) >= 11 is 6.20. The minimum atomic E-state index is -0.583. The number of rotatable bonds is 7. The average molecular weight is 373 g/mol. The van der Waals surface area contributed by atoms with Gasteiger partial charge in [-0.2, -0.15) is 0 Å². The van der Waals surface area contributed by atoms with Gasteiger partial charge < -0.3 is 10.2 Å². The van der Waals surface area contributed by atoms with Crippen LogP contribution in [0.3, 0.4) is 0 Å². The number of halogens is 1. The van der Waals surface area contributed by atoms with E-state index in [0.717, 1.165) is 12.0 Å². The monoisotopic (exact) mass is 372 g/mol. The first kappa shape index (κ1) is 20.0. The summed E-state index contributed by atoms with van der Waals surface area (Å²) in [6.45, 7) is 4.37. The van der Waals surface area contributed by atoms with Crippen molar-refractivity contribution >= 4 is 23.4 Å². The Kier molecular flexibility index (Phi) is 7.22. The Labute approximate surface area is 160 Å². The lowest BCUT2D eigenvalue weighted by atomic mass is 9.97. The summed E-state index contributed by atoms with van der Waals surface area (Å²) in [7, 11) is 1.73. The molecule has 5 heteroatoms. The maximum absolute atomic E-state index is 13.0. The molecule has 2 atom stereocenters. The summed E-state index contributed by atoms with van der Waals surface area (Å²) in [6.07, 6.45) is 0.783. The second kappa shape index (κ2) is 9.39. The summed E-state index contributed by atoms with van der Waals surface area (Å²) in [4.78, 5) is 27.1. The molecule has 0 radical (unpaired) electrons. The molecule has 0 aliphatic rings. The van der Waals surface area contributed by atoms with E-state index in [1.807, 2.05) is 38.1 Å². The van der Waals surface area contributed by atoms with E-state index < -0.39 is 6.04 Å². The Morgan fingerprint density at radius 3 is 2.31 bits per heavy atom. The van der Waals surface area contributed by atoms with Crippen LogP contribution in [0, 0.1) is 5.92 Å². The molecule has 0 aliphatic heterocycles. The zero-order valence-corrected chi connectivity index (χ0v) is 16.2. The van der Waals surface area contributed by atoms with Crippen LogP contribution in [0.25, 0.3) is 0 Å². The minimum Gasteiger partial charge on any atom is -0.340 e. The molecule has 138 valence electrons. The predicted octanol–water partition coefficient (Wildman–Crippen LogP) is 4.14. The lowest BCUT2D eigenvalue weighted by molar-refractivity contribution is -0.133. The molecular weight excluding hydrogens is 348 g/mol. The van der Waals surface area contributed by atoms with E-state index in [4.69, 9.17) is 11.6 Å². The second-order valence-electron chi connectivity index (χ2n) is 6.49. The lowest BCUT2D eigenvalue weighted by Crippen LogP contribution is -2.50. The third-order valence-corrected chi connectivity index (χ3v) is 4.91. The molecule has 0 saturated carbocycles. The lowest BCUT2D eigenvalue weighted by Gasteiger charge is -2.28. The summed E-state index contributed by atoms with van der Waals surface area (Å²) in [5.74, 6) is -0.345. The smallest absolute Gasteiger partial charge is 0.251 e. The Balaban J connectivity index is 2.13. The van der Waals surface area contributed by atoms with Crippen LogP contribution in [0.5, 0.6) is 0 Å². The normalized spacial score (nSPS) is 12.9. The van der Waals surface area contributed by atoms with Gasteiger partial charge in [-0.1, -0.05) is 68.3 Å². The molecule has 0 saturated heterocycles. The van der Waals surface area contributed by atoms with Crippen molar-refractivity contribution in [1.29, 1.82) is 0 Å². The summed E-state index contributed by atoms with van der Waals surface area (Å²) < 4.78 is 0. The van der Waals surface area contributed by atoms with Crippen molar-refractivity contribution < 1.29 is 9.59 Å². The van der Waals surface area contributed by atoms with E-state index in [-0.39, 0.29) is 17.7 Å². The fraction of sp³-hybridized carbons (Fsp3) is 0.333. The second-order valence-corrected chi connectivity index (χ2v) is 6.90. The van der Waals surface area contributed by atoms with Gasteiger partial charge >= 0.3 is 0 Å². The molecule has 2 amide bonds. The highest BCUT2D eigenvalue weighted by Gasteiger charge is 2.29. The van der Waals surface area contributed by atoms with Crippen molar-refractivity contribution in [3.8, 4) is 0 Å². The molecule has 0 aromatic heterocycles. The van der Waals surface area contributed by atoms with Gasteiger partial charge in [0.1, 0.15) is 6.04 Å². The number of benzene rings is 2. The molecule has 0 aliphatic carbocycles. The fourth-order valence-corrected chi connectivity index (χ4v) is 2.89. The molecule has 0 bridgehead atoms. The highest BCUT2D eigenvalue weighted by molar-refractivity contribution is 6.31. The quantitative estimate of drug-likeness (QED) is 0.793. The van der Waals surface area contributed by atoms with E-state index in [1.54, 1.807) is 42.3 Å². The van der Waals surface area contributed by atoms with E-state index in [1.165, 1.54) is 0 Å². The van der Waals surface area contributed by atoms with Crippen LogP contribution in [0.15, 0.2) is 54.6 Å². The molecule has 2 rings (SSSR count). The molecule has 26 heavy (non-hydrogen) atoms. The molecule has 2 aromatic rings. The maximum atomic E-state index is 13.0. The first-order valence-corrected chi connectivity index (χ1v) is 9.16. The predicted molar refractivity (Wildman–Crippen MR) is 105 cm³/mol. The number of hydrogen-bond donors (Lipinski definition) is 1. The van der Waals surface area contributed by atoms with E-state index in [2.05, 4.69) is 5.32 Å². The average Bonchev–Trinajstić information content (AvgIpc) is 2.67. The molecular formula is C21H25ClN2O2. The Morgan fingerprint density at radius 1 is 1.08 bits per heavy atom. The van der Waals surface area contributed by atoms with Gasteiger partial charge in [0.05, 0.1) is 0 Å². The van der Waals surface area contributed by atoms with E-state index >= 15 is 0 Å². The summed E-state index contributed by atoms with van der Waals surface area (Å²) in [5, 5.41) is 3.53.